The Morgan fingerprint density at radius 2 is 1.97 bits per heavy atom. The van der Waals surface area contributed by atoms with E-state index in [0.717, 1.165) is 55.7 Å². The van der Waals surface area contributed by atoms with Crippen molar-refractivity contribution in [2.45, 2.75) is 70.7 Å². The smallest absolute Gasteiger partial charge is 0.410 e. The van der Waals surface area contributed by atoms with Crippen molar-refractivity contribution in [3.05, 3.63) is 35.8 Å². The van der Waals surface area contributed by atoms with Crippen LogP contribution >= 0.6 is 0 Å². The van der Waals surface area contributed by atoms with Gasteiger partial charge in [-0.1, -0.05) is 0 Å². The molecule has 5 rings (SSSR count). The van der Waals surface area contributed by atoms with Crippen molar-refractivity contribution in [2.24, 2.45) is 16.6 Å². The fraction of sp³-hybridized carbons (Fsp3) is 0.571. The third-order valence-corrected chi connectivity index (χ3v) is 7.85. The van der Waals surface area contributed by atoms with E-state index >= 15 is 0 Å². The van der Waals surface area contributed by atoms with Crippen molar-refractivity contribution in [1.82, 2.24) is 19.4 Å². The van der Waals surface area contributed by atoms with E-state index in [9.17, 15) is 10.1 Å². The SMILES string of the molecule is COc1cc(/C(=C/N)C(C)=NC2CN(C3CC4CC(C3)N(C(=O)OC(C)(C)C)C4)C2)cn2ncc(C#N)c12. The van der Waals surface area contributed by atoms with Crippen LogP contribution in [0.1, 0.15) is 58.1 Å². The van der Waals surface area contributed by atoms with Crippen molar-refractivity contribution in [3.63, 3.8) is 0 Å². The number of amides is 1. The molecule has 1 saturated carbocycles. The molecule has 0 radical (unpaired) electrons. The van der Waals surface area contributed by atoms with Gasteiger partial charge in [0.05, 0.1) is 19.3 Å². The molecular formula is C28H37N7O3. The lowest BCUT2D eigenvalue weighted by Gasteiger charge is -2.45. The third-order valence-electron chi connectivity index (χ3n) is 7.85. The van der Waals surface area contributed by atoms with Crippen molar-refractivity contribution in [2.75, 3.05) is 26.7 Å². The molecule has 4 heterocycles. The van der Waals surface area contributed by atoms with E-state index in [1.807, 2.05) is 44.9 Å². The summed E-state index contributed by atoms with van der Waals surface area (Å²) in [6, 6.07) is 4.96. The Labute approximate surface area is 223 Å². The largest absolute Gasteiger partial charge is 0.494 e. The van der Waals surface area contributed by atoms with Gasteiger partial charge in [0.25, 0.3) is 0 Å². The summed E-state index contributed by atoms with van der Waals surface area (Å²) in [6.07, 6.45) is 7.95. The molecule has 1 amide bonds. The van der Waals surface area contributed by atoms with E-state index in [1.165, 1.54) is 6.20 Å². The maximum atomic E-state index is 12.7. The Hall–Kier alpha value is -3.58. The number of methoxy groups -OCH3 is 1. The lowest BCUT2D eigenvalue weighted by molar-refractivity contribution is 0.0176. The van der Waals surface area contributed by atoms with E-state index in [4.69, 9.17) is 20.2 Å². The molecular weight excluding hydrogens is 482 g/mol. The number of fused-ring (bicyclic) bond motifs is 3. The maximum Gasteiger partial charge on any atom is 0.410 e. The van der Waals surface area contributed by atoms with Gasteiger partial charge in [-0.15, -0.1) is 0 Å². The van der Waals surface area contributed by atoms with Crippen LogP contribution in [0.25, 0.3) is 11.1 Å². The Morgan fingerprint density at radius 1 is 1.24 bits per heavy atom. The van der Waals surface area contributed by atoms with E-state index in [1.54, 1.807) is 17.8 Å². The summed E-state index contributed by atoms with van der Waals surface area (Å²) in [7, 11) is 1.58. The first-order valence-electron chi connectivity index (χ1n) is 13.3. The van der Waals surface area contributed by atoms with E-state index in [2.05, 4.69) is 16.1 Å². The monoisotopic (exact) mass is 519 g/mol. The summed E-state index contributed by atoms with van der Waals surface area (Å²) >= 11 is 0. The molecule has 3 atom stereocenters. The second kappa shape index (κ2) is 9.95. The zero-order chi connectivity index (χ0) is 27.2. The number of likely N-dealkylation sites (tertiary alicyclic amines) is 2. The molecule has 2 aromatic rings. The van der Waals surface area contributed by atoms with Crippen molar-refractivity contribution < 1.29 is 14.3 Å². The zero-order valence-electron chi connectivity index (χ0n) is 22.8. The second-order valence-corrected chi connectivity index (χ2v) is 11.7. The number of nitrogens with two attached hydrogens (primary N) is 1. The predicted octanol–water partition coefficient (Wildman–Crippen LogP) is 3.45. The van der Waals surface area contributed by atoms with Gasteiger partial charge in [0.1, 0.15) is 28.5 Å². The molecule has 2 bridgehead atoms. The highest BCUT2D eigenvalue weighted by Crippen LogP contribution is 2.40. The van der Waals surface area contributed by atoms with Crippen molar-refractivity contribution in [1.29, 1.82) is 5.26 Å². The van der Waals surface area contributed by atoms with Gasteiger partial charge in [-0.25, -0.2) is 9.31 Å². The molecule has 10 nitrogen and oxygen atoms in total. The van der Waals surface area contributed by atoms with Crippen LogP contribution < -0.4 is 10.5 Å². The Balaban J connectivity index is 1.23. The average Bonchev–Trinajstić information content (AvgIpc) is 3.39. The predicted molar refractivity (Wildman–Crippen MR) is 145 cm³/mol. The van der Waals surface area contributed by atoms with Gasteiger partial charge in [0, 0.05) is 61.0 Å². The van der Waals surface area contributed by atoms with Crippen LogP contribution in [-0.2, 0) is 4.74 Å². The molecule has 3 aliphatic rings. The quantitative estimate of drug-likeness (QED) is 0.601. The van der Waals surface area contributed by atoms with Crippen LogP contribution in [0.4, 0.5) is 4.79 Å². The third kappa shape index (κ3) is 4.95. The number of aromatic nitrogens is 2. The van der Waals surface area contributed by atoms with Gasteiger partial charge >= 0.3 is 6.09 Å². The molecule has 2 N–H and O–H groups in total. The summed E-state index contributed by atoms with van der Waals surface area (Å²) in [5, 5.41) is 13.7. The summed E-state index contributed by atoms with van der Waals surface area (Å²) in [4.78, 5) is 22.2. The highest BCUT2D eigenvalue weighted by molar-refractivity contribution is 6.22. The number of carbonyl (C=O) groups is 1. The van der Waals surface area contributed by atoms with Crippen molar-refractivity contribution >= 4 is 22.9 Å². The molecule has 3 unspecified atom stereocenters. The van der Waals surface area contributed by atoms with Crippen LogP contribution in [0.5, 0.6) is 5.75 Å². The first-order chi connectivity index (χ1) is 18.1. The summed E-state index contributed by atoms with van der Waals surface area (Å²) in [5.74, 6) is 1.10. The Bertz CT molecular complexity index is 1330. The number of pyridine rings is 1. The minimum absolute atomic E-state index is 0.178. The second-order valence-electron chi connectivity index (χ2n) is 11.7. The summed E-state index contributed by atoms with van der Waals surface area (Å²) < 4.78 is 12.8. The zero-order valence-corrected chi connectivity index (χ0v) is 22.8. The molecule has 38 heavy (non-hydrogen) atoms. The number of rotatable bonds is 5. The number of hydrogen-bond acceptors (Lipinski definition) is 8. The average molecular weight is 520 g/mol. The van der Waals surface area contributed by atoms with E-state index in [-0.39, 0.29) is 18.2 Å². The van der Waals surface area contributed by atoms with Crippen LogP contribution in [0.3, 0.4) is 0 Å². The molecule has 0 aromatic carbocycles. The number of nitriles is 1. The van der Waals surface area contributed by atoms with Gasteiger partial charge in [-0.05, 0) is 58.9 Å². The van der Waals surface area contributed by atoms with Crippen LogP contribution in [0, 0.1) is 17.2 Å². The lowest BCUT2D eigenvalue weighted by Crippen LogP contribution is -2.56. The Morgan fingerprint density at radius 3 is 2.63 bits per heavy atom. The summed E-state index contributed by atoms with van der Waals surface area (Å²) in [6.45, 7) is 10.3. The minimum atomic E-state index is -0.473. The summed E-state index contributed by atoms with van der Waals surface area (Å²) in [5.41, 5.74) is 9.15. The van der Waals surface area contributed by atoms with Gasteiger partial charge in [0.2, 0.25) is 0 Å². The van der Waals surface area contributed by atoms with Gasteiger partial charge in [0.15, 0.2) is 0 Å². The van der Waals surface area contributed by atoms with Crippen LogP contribution in [-0.4, -0.2) is 81.7 Å². The molecule has 2 aromatic heterocycles. The molecule has 1 aliphatic carbocycles. The van der Waals surface area contributed by atoms with Crippen LogP contribution in [0.2, 0.25) is 0 Å². The number of ether oxygens (including phenoxy) is 2. The topological polar surface area (TPSA) is 121 Å². The lowest BCUT2D eigenvalue weighted by atomic mass is 9.84. The van der Waals surface area contributed by atoms with Crippen LogP contribution in [0.15, 0.2) is 29.7 Å². The minimum Gasteiger partial charge on any atom is -0.494 e. The van der Waals surface area contributed by atoms with Gasteiger partial charge in [-0.2, -0.15) is 10.4 Å². The first kappa shape index (κ1) is 26.0. The fourth-order valence-corrected chi connectivity index (χ4v) is 6.15. The highest BCUT2D eigenvalue weighted by atomic mass is 16.6. The number of hydrogen-bond donors (Lipinski definition) is 1. The van der Waals surface area contributed by atoms with E-state index in [0.29, 0.717) is 28.8 Å². The fourth-order valence-electron chi connectivity index (χ4n) is 6.15. The molecule has 2 saturated heterocycles. The molecule has 0 spiro atoms. The number of nitrogens with zero attached hydrogens (tertiary/aromatic N) is 6. The Kier molecular flexibility index (Phi) is 6.82. The molecule has 2 aliphatic heterocycles. The van der Waals surface area contributed by atoms with Gasteiger partial charge < -0.3 is 20.1 Å². The number of aliphatic imine (C=N–C) groups is 1. The highest BCUT2D eigenvalue weighted by Gasteiger charge is 2.46. The number of allylic oxidation sites excluding steroid dienone is 1. The van der Waals surface area contributed by atoms with E-state index < -0.39 is 5.60 Å². The first-order valence-corrected chi connectivity index (χ1v) is 13.3. The maximum absolute atomic E-state index is 12.7. The van der Waals surface area contributed by atoms with Crippen molar-refractivity contribution in [3.8, 4) is 11.8 Å². The molecule has 3 fully saturated rings. The number of carbonyl (C=O) groups excluding carboxylic acids is 1. The van der Waals surface area contributed by atoms with Gasteiger partial charge in [-0.3, -0.25) is 9.89 Å². The molecule has 10 heteroatoms. The normalized spacial score (nSPS) is 24.8. The molecule has 202 valence electrons. The standard InChI is InChI=1S/C28H37N7O3/c1-17(24(11-30)19-8-25(37-5)26-20(10-29)12-31-35(26)14-19)32-21-15-33(16-21)22-6-18-7-23(9-22)34(13-18)27(36)38-28(2,3)4/h8,11-12,14,18,21-23H,6-7,9,13,15-16,30H2,1-5H3/b24-11+,32-17?.